The van der Waals surface area contributed by atoms with Gasteiger partial charge < -0.3 is 15.0 Å². The topological polar surface area (TPSA) is 84.7 Å². The minimum Gasteiger partial charge on any atom is -0.487 e. The second kappa shape index (κ2) is 7.99. The Balaban J connectivity index is 2.22. The summed E-state index contributed by atoms with van der Waals surface area (Å²) < 4.78 is 5.41. The quantitative estimate of drug-likeness (QED) is 0.638. The molecule has 0 aliphatic carbocycles. The van der Waals surface area contributed by atoms with Crippen LogP contribution in [0.15, 0.2) is 18.2 Å². The van der Waals surface area contributed by atoms with Crippen LogP contribution in [0, 0.1) is 16.0 Å². The van der Waals surface area contributed by atoms with E-state index in [-0.39, 0.29) is 29.3 Å². The number of benzene rings is 1. The van der Waals surface area contributed by atoms with Crippen molar-refractivity contribution < 1.29 is 14.5 Å². The van der Waals surface area contributed by atoms with Gasteiger partial charge in [-0.3, -0.25) is 14.9 Å². The van der Waals surface area contributed by atoms with E-state index in [2.05, 4.69) is 5.32 Å². The zero-order valence-corrected chi connectivity index (χ0v) is 14.4. The van der Waals surface area contributed by atoms with Crippen molar-refractivity contribution in [3.8, 4) is 5.75 Å². The second-order valence-electron chi connectivity index (χ2n) is 6.26. The van der Waals surface area contributed by atoms with E-state index in [1.807, 2.05) is 18.7 Å². The van der Waals surface area contributed by atoms with E-state index in [4.69, 9.17) is 4.74 Å². The number of para-hydroxylation sites is 1. The molecule has 1 aromatic rings. The Bertz CT molecular complexity index is 603. The van der Waals surface area contributed by atoms with Crippen molar-refractivity contribution in [2.45, 2.75) is 39.7 Å². The third kappa shape index (κ3) is 4.15. The van der Waals surface area contributed by atoms with Crippen LogP contribution in [0.2, 0.25) is 0 Å². The van der Waals surface area contributed by atoms with Crippen LogP contribution < -0.4 is 15.0 Å². The summed E-state index contributed by atoms with van der Waals surface area (Å²) in [7, 11) is 0. The van der Waals surface area contributed by atoms with Crippen LogP contribution in [0.3, 0.4) is 0 Å². The number of piperidine rings is 1. The lowest BCUT2D eigenvalue weighted by molar-refractivity contribution is -0.385. The molecule has 2 rings (SSSR count). The maximum atomic E-state index is 11.9. The number of rotatable bonds is 6. The van der Waals surface area contributed by atoms with Crippen molar-refractivity contribution in [1.29, 1.82) is 0 Å². The maximum Gasteiger partial charge on any atom is 0.333 e. The molecular weight excluding hydrogens is 310 g/mol. The van der Waals surface area contributed by atoms with E-state index in [0.717, 1.165) is 19.4 Å². The first-order valence-corrected chi connectivity index (χ1v) is 8.39. The number of nitro groups is 1. The van der Waals surface area contributed by atoms with Gasteiger partial charge in [-0.25, -0.2) is 0 Å². The van der Waals surface area contributed by atoms with Crippen molar-refractivity contribution in [2.75, 3.05) is 24.6 Å². The van der Waals surface area contributed by atoms with Gasteiger partial charge in [-0.1, -0.05) is 19.9 Å². The molecule has 0 spiro atoms. The molecule has 1 aromatic carbocycles. The average molecular weight is 335 g/mol. The Morgan fingerprint density at radius 2 is 2.25 bits per heavy atom. The number of ether oxygens (including phenoxy) is 1. The molecule has 1 saturated heterocycles. The van der Waals surface area contributed by atoms with E-state index >= 15 is 0 Å². The molecule has 1 amide bonds. The van der Waals surface area contributed by atoms with Gasteiger partial charge in [0, 0.05) is 25.0 Å². The molecular formula is C17H25N3O4. The molecule has 1 N–H and O–H groups in total. The molecule has 7 heteroatoms. The van der Waals surface area contributed by atoms with Gasteiger partial charge in [0.05, 0.1) is 11.5 Å². The summed E-state index contributed by atoms with van der Waals surface area (Å²) in [6, 6.07) is 5.13. The van der Waals surface area contributed by atoms with Crippen LogP contribution in [0.4, 0.5) is 11.4 Å². The number of hydrogen-bond donors (Lipinski definition) is 1. The fourth-order valence-electron chi connectivity index (χ4n) is 2.90. The van der Waals surface area contributed by atoms with Gasteiger partial charge in [-0.15, -0.1) is 0 Å². The SMILES string of the molecule is CCOc1cccc(N2CCC[C@@H](NC(=O)C(C)C)C2)c1[N+](=O)[O-]. The van der Waals surface area contributed by atoms with Gasteiger partial charge in [0.15, 0.2) is 5.75 Å². The van der Waals surface area contributed by atoms with Crippen molar-refractivity contribution >= 4 is 17.3 Å². The Kier molecular flexibility index (Phi) is 6.00. The number of amides is 1. The lowest BCUT2D eigenvalue weighted by Gasteiger charge is -2.34. The fraction of sp³-hybridized carbons (Fsp3) is 0.588. The highest BCUT2D eigenvalue weighted by Crippen LogP contribution is 2.38. The number of nitrogens with one attached hydrogen (secondary N) is 1. The predicted molar refractivity (Wildman–Crippen MR) is 92.5 cm³/mol. The zero-order valence-electron chi connectivity index (χ0n) is 14.4. The molecule has 0 bridgehead atoms. The van der Waals surface area contributed by atoms with Crippen LogP contribution in [0.25, 0.3) is 0 Å². The number of nitrogens with zero attached hydrogens (tertiary/aromatic N) is 2. The third-order valence-corrected chi connectivity index (χ3v) is 4.09. The second-order valence-corrected chi connectivity index (χ2v) is 6.26. The molecule has 1 aliphatic heterocycles. The molecule has 1 aliphatic rings. The molecule has 132 valence electrons. The number of anilines is 1. The molecule has 0 aromatic heterocycles. The van der Waals surface area contributed by atoms with E-state index in [9.17, 15) is 14.9 Å². The molecule has 24 heavy (non-hydrogen) atoms. The summed E-state index contributed by atoms with van der Waals surface area (Å²) in [6.45, 7) is 7.17. The van der Waals surface area contributed by atoms with Crippen LogP contribution in [0.1, 0.15) is 33.6 Å². The van der Waals surface area contributed by atoms with Crippen LogP contribution >= 0.6 is 0 Å². The first kappa shape index (κ1) is 18.0. The highest BCUT2D eigenvalue weighted by Gasteiger charge is 2.29. The Morgan fingerprint density at radius 1 is 1.50 bits per heavy atom. The van der Waals surface area contributed by atoms with Crippen LogP contribution in [0.5, 0.6) is 5.75 Å². The lowest BCUT2D eigenvalue weighted by Crippen LogP contribution is -2.48. The van der Waals surface area contributed by atoms with E-state index < -0.39 is 4.92 Å². The van der Waals surface area contributed by atoms with Gasteiger partial charge in [-0.05, 0) is 31.9 Å². The average Bonchev–Trinajstić information content (AvgIpc) is 2.54. The Labute approximate surface area is 142 Å². The smallest absolute Gasteiger partial charge is 0.333 e. The van der Waals surface area contributed by atoms with E-state index in [0.29, 0.717) is 18.8 Å². The summed E-state index contributed by atoms with van der Waals surface area (Å²) in [5.41, 5.74) is 0.546. The zero-order chi connectivity index (χ0) is 17.7. The Hall–Kier alpha value is -2.31. The van der Waals surface area contributed by atoms with E-state index in [1.165, 1.54) is 0 Å². The Morgan fingerprint density at radius 3 is 2.88 bits per heavy atom. The van der Waals surface area contributed by atoms with Crippen LogP contribution in [-0.4, -0.2) is 36.6 Å². The van der Waals surface area contributed by atoms with Gasteiger partial charge in [0.2, 0.25) is 5.91 Å². The number of nitro benzene ring substituents is 1. The number of carbonyl (C=O) groups is 1. The summed E-state index contributed by atoms with van der Waals surface area (Å²) >= 11 is 0. The molecule has 1 heterocycles. The number of hydrogen-bond acceptors (Lipinski definition) is 5. The van der Waals surface area contributed by atoms with E-state index in [1.54, 1.807) is 25.1 Å². The maximum absolute atomic E-state index is 11.9. The minimum absolute atomic E-state index is 0.00371. The predicted octanol–water partition coefficient (Wildman–Crippen LogP) is 2.73. The van der Waals surface area contributed by atoms with Gasteiger partial charge in [-0.2, -0.15) is 0 Å². The standard InChI is InChI=1S/C17H25N3O4/c1-4-24-15-9-5-8-14(16(15)20(22)23)19-10-6-7-13(11-19)18-17(21)12(2)3/h5,8-9,12-13H,4,6-7,10-11H2,1-3H3,(H,18,21)/t13-/m1/s1. The lowest BCUT2D eigenvalue weighted by atomic mass is 10.0. The number of carbonyl (C=O) groups excluding carboxylic acids is 1. The summed E-state index contributed by atoms with van der Waals surface area (Å²) in [6.07, 6.45) is 1.76. The fourth-order valence-corrected chi connectivity index (χ4v) is 2.90. The van der Waals surface area contributed by atoms with Gasteiger partial charge in [0.25, 0.3) is 0 Å². The highest BCUT2D eigenvalue weighted by molar-refractivity contribution is 5.78. The van der Waals surface area contributed by atoms with Crippen molar-refractivity contribution in [3.05, 3.63) is 28.3 Å². The molecule has 0 radical (unpaired) electrons. The molecule has 0 unspecified atom stereocenters. The monoisotopic (exact) mass is 335 g/mol. The van der Waals surface area contributed by atoms with Crippen molar-refractivity contribution in [2.24, 2.45) is 5.92 Å². The van der Waals surface area contributed by atoms with Crippen LogP contribution in [-0.2, 0) is 4.79 Å². The largest absolute Gasteiger partial charge is 0.487 e. The summed E-state index contributed by atoms with van der Waals surface area (Å²) in [5.74, 6) is 0.226. The first-order valence-electron chi connectivity index (χ1n) is 8.39. The van der Waals surface area contributed by atoms with Gasteiger partial charge >= 0.3 is 5.69 Å². The molecule has 0 saturated carbocycles. The molecule has 1 fully saturated rings. The minimum atomic E-state index is -0.392. The van der Waals surface area contributed by atoms with Crippen molar-refractivity contribution in [1.82, 2.24) is 5.32 Å². The molecule has 1 atom stereocenters. The highest BCUT2D eigenvalue weighted by atomic mass is 16.6. The molecule has 7 nitrogen and oxygen atoms in total. The first-order chi connectivity index (χ1) is 11.4. The summed E-state index contributed by atoms with van der Waals surface area (Å²) in [5, 5.41) is 14.6. The normalized spacial score (nSPS) is 17.7. The summed E-state index contributed by atoms with van der Waals surface area (Å²) in [4.78, 5) is 25.0. The van der Waals surface area contributed by atoms with Crippen molar-refractivity contribution in [3.63, 3.8) is 0 Å². The van der Waals surface area contributed by atoms with Gasteiger partial charge in [0.1, 0.15) is 5.69 Å². The third-order valence-electron chi connectivity index (χ3n) is 4.09.